The van der Waals surface area contributed by atoms with Crippen molar-refractivity contribution in [2.45, 2.75) is 26.2 Å². The van der Waals surface area contributed by atoms with E-state index in [2.05, 4.69) is 40.5 Å². The van der Waals surface area contributed by atoms with Crippen LogP contribution in [0.25, 0.3) is 22.3 Å². The molecule has 2 heterocycles. The molecule has 0 fully saturated rings. The Hall–Kier alpha value is -2.66. The number of rotatable bonds is 6. The van der Waals surface area contributed by atoms with E-state index in [1.807, 2.05) is 32.3 Å². The number of aromatic amines is 1. The molecule has 0 aliphatic rings. The monoisotopic (exact) mass is 336 g/mol. The highest BCUT2D eigenvalue weighted by Crippen LogP contribution is 2.31. The lowest BCUT2D eigenvalue weighted by Crippen LogP contribution is -2.35. The molecule has 0 saturated heterocycles. The van der Waals surface area contributed by atoms with Crippen LogP contribution in [0.5, 0.6) is 0 Å². The van der Waals surface area contributed by atoms with Crippen molar-refractivity contribution in [1.82, 2.24) is 20.4 Å². The second kappa shape index (κ2) is 7.49. The smallest absolute Gasteiger partial charge is 0.234 e. The molecule has 3 aromatic rings. The average molecular weight is 336 g/mol. The van der Waals surface area contributed by atoms with E-state index in [1.165, 1.54) is 16.5 Å². The summed E-state index contributed by atoms with van der Waals surface area (Å²) >= 11 is 0. The normalized spacial score (nSPS) is 11.2. The van der Waals surface area contributed by atoms with Crippen LogP contribution in [0.2, 0.25) is 0 Å². The maximum Gasteiger partial charge on any atom is 0.234 e. The number of amides is 1. The molecule has 5 nitrogen and oxygen atoms in total. The Kier molecular flexibility index (Phi) is 5.14. The average Bonchev–Trinajstić information content (AvgIpc) is 2.93. The number of nitrogens with one attached hydrogen (secondary N) is 2. The number of hydrogen-bond donors (Lipinski definition) is 2. The van der Waals surface area contributed by atoms with Gasteiger partial charge in [-0.3, -0.25) is 15.2 Å². The maximum atomic E-state index is 11.9. The predicted molar refractivity (Wildman–Crippen MR) is 101 cm³/mol. The minimum absolute atomic E-state index is 0.0420. The lowest BCUT2D eigenvalue weighted by molar-refractivity contribution is -0.124. The summed E-state index contributed by atoms with van der Waals surface area (Å²) in [6, 6.07) is 12.3. The predicted octanol–water partition coefficient (Wildman–Crippen LogP) is 3.45. The van der Waals surface area contributed by atoms with Crippen molar-refractivity contribution in [2.75, 3.05) is 14.1 Å². The lowest BCUT2D eigenvalue weighted by Gasteiger charge is -2.11. The van der Waals surface area contributed by atoms with Crippen LogP contribution in [0.3, 0.4) is 0 Å². The van der Waals surface area contributed by atoms with Gasteiger partial charge in [0.15, 0.2) is 0 Å². The molecule has 5 heteroatoms. The minimum Gasteiger partial charge on any atom is -0.353 e. The first-order valence-electron chi connectivity index (χ1n) is 8.54. The van der Waals surface area contributed by atoms with E-state index in [1.54, 1.807) is 11.2 Å². The van der Waals surface area contributed by atoms with Crippen LogP contribution in [0.1, 0.15) is 24.0 Å². The van der Waals surface area contributed by atoms with Crippen LogP contribution in [-0.2, 0) is 11.2 Å². The van der Waals surface area contributed by atoms with Crippen molar-refractivity contribution >= 4 is 16.8 Å². The van der Waals surface area contributed by atoms with Gasteiger partial charge in [-0.15, -0.1) is 0 Å². The summed E-state index contributed by atoms with van der Waals surface area (Å²) in [5.74, 6) is 0.0420. The van der Waals surface area contributed by atoms with E-state index < -0.39 is 0 Å². The molecule has 0 radical (unpaired) electrons. The number of hydrazine groups is 1. The Balaban J connectivity index is 1.89. The fourth-order valence-corrected chi connectivity index (χ4v) is 3.08. The minimum atomic E-state index is 0.0420. The Labute approximate surface area is 148 Å². The molecule has 2 N–H and O–H groups in total. The summed E-state index contributed by atoms with van der Waals surface area (Å²) in [5, 5.41) is 2.89. The number of aromatic nitrogens is 2. The lowest BCUT2D eigenvalue weighted by atomic mass is 10.0. The van der Waals surface area contributed by atoms with Gasteiger partial charge in [0.2, 0.25) is 5.91 Å². The summed E-state index contributed by atoms with van der Waals surface area (Å²) < 4.78 is 0. The van der Waals surface area contributed by atoms with E-state index in [4.69, 9.17) is 0 Å². The Bertz CT molecular complexity index is 868. The molecule has 0 bridgehead atoms. The number of aryl methyl sites for hydroxylation is 2. The molecule has 0 aliphatic carbocycles. The number of carbonyl (C=O) groups is 1. The molecule has 0 saturated carbocycles. The highest BCUT2D eigenvalue weighted by Gasteiger charge is 2.14. The molecule has 0 spiro atoms. The van der Waals surface area contributed by atoms with E-state index >= 15 is 0 Å². The molecule has 2 aromatic heterocycles. The van der Waals surface area contributed by atoms with E-state index in [0.29, 0.717) is 6.42 Å². The zero-order chi connectivity index (χ0) is 17.8. The number of H-pyrrole nitrogens is 1. The van der Waals surface area contributed by atoms with Crippen molar-refractivity contribution in [3.63, 3.8) is 0 Å². The standard InChI is InChI=1S/C20H24N4O/c1-14-10-11-17-16(13-14)15(7-6-9-19(25)23-24(2)3)20(22-17)18-8-4-5-12-21-18/h4-5,8,10-13,22H,6-7,9H2,1-3H3,(H,23,25). The van der Waals surface area contributed by atoms with Crippen LogP contribution in [-0.4, -0.2) is 35.0 Å². The quantitative estimate of drug-likeness (QED) is 0.678. The number of carbonyl (C=O) groups excluding carboxylic acids is 1. The second-order valence-electron chi connectivity index (χ2n) is 6.53. The number of fused-ring (bicyclic) bond motifs is 1. The van der Waals surface area contributed by atoms with Crippen molar-refractivity contribution < 1.29 is 4.79 Å². The zero-order valence-corrected chi connectivity index (χ0v) is 15.0. The molecule has 130 valence electrons. The Morgan fingerprint density at radius 1 is 1.24 bits per heavy atom. The molecule has 3 rings (SSSR count). The van der Waals surface area contributed by atoms with Crippen LogP contribution in [0.15, 0.2) is 42.6 Å². The van der Waals surface area contributed by atoms with Gasteiger partial charge < -0.3 is 4.98 Å². The van der Waals surface area contributed by atoms with Gasteiger partial charge in [0.25, 0.3) is 0 Å². The van der Waals surface area contributed by atoms with Crippen molar-refractivity contribution in [1.29, 1.82) is 0 Å². The van der Waals surface area contributed by atoms with Crippen LogP contribution in [0.4, 0.5) is 0 Å². The topological polar surface area (TPSA) is 61.0 Å². The maximum absolute atomic E-state index is 11.9. The number of nitrogens with zero attached hydrogens (tertiary/aromatic N) is 2. The summed E-state index contributed by atoms with van der Waals surface area (Å²) in [6.07, 6.45) is 3.93. The highest BCUT2D eigenvalue weighted by molar-refractivity contribution is 5.90. The summed E-state index contributed by atoms with van der Waals surface area (Å²) in [5.41, 5.74) is 8.34. The zero-order valence-electron chi connectivity index (χ0n) is 15.0. The third-order valence-electron chi connectivity index (χ3n) is 4.16. The summed E-state index contributed by atoms with van der Waals surface area (Å²) in [6.45, 7) is 2.10. The fraction of sp³-hybridized carbons (Fsp3) is 0.300. The van der Waals surface area contributed by atoms with Gasteiger partial charge >= 0.3 is 0 Å². The second-order valence-corrected chi connectivity index (χ2v) is 6.53. The molecule has 1 aromatic carbocycles. The Morgan fingerprint density at radius 2 is 2.08 bits per heavy atom. The number of benzene rings is 1. The van der Waals surface area contributed by atoms with E-state index in [9.17, 15) is 4.79 Å². The largest absolute Gasteiger partial charge is 0.353 e. The van der Waals surface area contributed by atoms with Gasteiger partial charge in [0, 0.05) is 37.6 Å². The van der Waals surface area contributed by atoms with Gasteiger partial charge in [-0.05, 0) is 49.6 Å². The fourth-order valence-electron chi connectivity index (χ4n) is 3.08. The molecular weight excluding hydrogens is 312 g/mol. The van der Waals surface area contributed by atoms with E-state index in [-0.39, 0.29) is 5.91 Å². The summed E-state index contributed by atoms with van der Waals surface area (Å²) in [7, 11) is 3.64. The molecule has 0 unspecified atom stereocenters. The summed E-state index contributed by atoms with van der Waals surface area (Å²) in [4.78, 5) is 19.9. The SMILES string of the molecule is Cc1ccc2[nH]c(-c3ccccn3)c(CCCC(=O)NN(C)C)c2c1. The molecular formula is C20H24N4O. The number of hydrogen-bond acceptors (Lipinski definition) is 3. The third kappa shape index (κ3) is 4.06. The Morgan fingerprint density at radius 3 is 2.80 bits per heavy atom. The van der Waals surface area contributed by atoms with Crippen molar-refractivity contribution in [2.24, 2.45) is 0 Å². The first-order chi connectivity index (χ1) is 12.0. The molecule has 0 aliphatic heterocycles. The first-order valence-corrected chi connectivity index (χ1v) is 8.54. The van der Waals surface area contributed by atoms with Crippen molar-refractivity contribution in [3.8, 4) is 11.4 Å². The van der Waals surface area contributed by atoms with Gasteiger partial charge in [0.05, 0.1) is 11.4 Å². The third-order valence-corrected chi connectivity index (χ3v) is 4.16. The van der Waals surface area contributed by atoms with Crippen LogP contribution in [0, 0.1) is 6.92 Å². The van der Waals surface area contributed by atoms with Gasteiger partial charge in [-0.25, -0.2) is 5.01 Å². The van der Waals surface area contributed by atoms with Crippen LogP contribution >= 0.6 is 0 Å². The highest BCUT2D eigenvalue weighted by atomic mass is 16.2. The number of pyridine rings is 1. The van der Waals surface area contributed by atoms with Crippen LogP contribution < -0.4 is 5.43 Å². The van der Waals surface area contributed by atoms with Crippen molar-refractivity contribution in [3.05, 3.63) is 53.7 Å². The molecule has 0 atom stereocenters. The van der Waals surface area contributed by atoms with Gasteiger partial charge in [-0.1, -0.05) is 17.7 Å². The van der Waals surface area contributed by atoms with Gasteiger partial charge in [0.1, 0.15) is 0 Å². The molecule has 1 amide bonds. The van der Waals surface area contributed by atoms with Gasteiger partial charge in [-0.2, -0.15) is 0 Å². The van der Waals surface area contributed by atoms with E-state index in [0.717, 1.165) is 29.7 Å². The first kappa shape index (κ1) is 17.2. The molecule has 25 heavy (non-hydrogen) atoms.